The van der Waals surface area contributed by atoms with E-state index >= 15 is 0 Å². The summed E-state index contributed by atoms with van der Waals surface area (Å²) in [5.41, 5.74) is 1.62. The van der Waals surface area contributed by atoms with Crippen LogP contribution in [0.25, 0.3) is 0 Å². The van der Waals surface area contributed by atoms with E-state index in [1.54, 1.807) is 0 Å². The van der Waals surface area contributed by atoms with Crippen molar-refractivity contribution in [1.29, 1.82) is 0 Å². The molecule has 1 aliphatic rings. The van der Waals surface area contributed by atoms with E-state index in [-0.39, 0.29) is 0 Å². The first-order valence-electron chi connectivity index (χ1n) is 8.23. The quantitative estimate of drug-likeness (QED) is 0.904. The zero-order valence-corrected chi connectivity index (χ0v) is 14.0. The maximum Gasteiger partial charge on any atom is 0.225 e. The molecule has 4 heteroatoms. The molecule has 1 N–H and O–H groups in total. The highest BCUT2D eigenvalue weighted by Crippen LogP contribution is 2.30. The molecular weight excluding hydrogens is 260 g/mol. The Morgan fingerprint density at radius 2 is 1.90 bits per heavy atom. The van der Waals surface area contributed by atoms with Gasteiger partial charge in [-0.2, -0.15) is 0 Å². The second-order valence-corrected chi connectivity index (χ2v) is 7.42. The molecule has 1 aromatic heterocycles. The minimum absolute atomic E-state index is 0.454. The van der Waals surface area contributed by atoms with Crippen LogP contribution in [0.3, 0.4) is 0 Å². The predicted molar refractivity (Wildman–Crippen MR) is 88.4 cm³/mol. The van der Waals surface area contributed by atoms with Gasteiger partial charge in [0.2, 0.25) is 5.95 Å². The normalized spacial score (nSPS) is 18.8. The third-order valence-corrected chi connectivity index (χ3v) is 4.20. The minimum Gasteiger partial charge on any atom is -0.341 e. The maximum atomic E-state index is 4.56. The Bertz CT molecular complexity index is 425. The topological polar surface area (TPSA) is 41.1 Å². The van der Waals surface area contributed by atoms with Gasteiger partial charge < -0.3 is 10.2 Å². The number of hydrogen-bond donors (Lipinski definition) is 1. The highest BCUT2D eigenvalue weighted by atomic mass is 15.2. The summed E-state index contributed by atoms with van der Waals surface area (Å²) < 4.78 is 0. The Balaban J connectivity index is 1.89. The van der Waals surface area contributed by atoms with Crippen molar-refractivity contribution >= 4 is 5.95 Å². The third-order valence-electron chi connectivity index (χ3n) is 4.20. The molecule has 0 saturated carbocycles. The monoisotopic (exact) mass is 290 g/mol. The van der Waals surface area contributed by atoms with E-state index in [2.05, 4.69) is 47.9 Å². The fourth-order valence-electron chi connectivity index (χ4n) is 2.73. The average molecular weight is 290 g/mol. The maximum absolute atomic E-state index is 4.56. The molecule has 2 heterocycles. The fourth-order valence-corrected chi connectivity index (χ4v) is 2.73. The van der Waals surface area contributed by atoms with Crippen LogP contribution in [0.4, 0.5) is 5.95 Å². The molecule has 0 amide bonds. The van der Waals surface area contributed by atoms with Gasteiger partial charge in [-0.05, 0) is 37.1 Å². The van der Waals surface area contributed by atoms with Gasteiger partial charge >= 0.3 is 0 Å². The second-order valence-electron chi connectivity index (χ2n) is 7.42. The van der Waals surface area contributed by atoms with Gasteiger partial charge in [-0.1, -0.05) is 27.7 Å². The average Bonchev–Trinajstić information content (AvgIpc) is 2.60. The van der Waals surface area contributed by atoms with Crippen LogP contribution in [0, 0.1) is 11.3 Å². The highest BCUT2D eigenvalue weighted by molar-refractivity contribution is 5.30. The lowest BCUT2D eigenvalue weighted by Crippen LogP contribution is -2.27. The first-order valence-corrected chi connectivity index (χ1v) is 8.23. The molecule has 1 fully saturated rings. The van der Waals surface area contributed by atoms with E-state index in [9.17, 15) is 0 Å². The molecule has 2 rings (SSSR count). The zero-order chi connectivity index (χ0) is 15.3. The molecule has 0 radical (unpaired) electrons. The van der Waals surface area contributed by atoms with Gasteiger partial charge in [-0.25, -0.2) is 9.97 Å². The van der Waals surface area contributed by atoms with E-state index < -0.39 is 0 Å². The number of nitrogens with zero attached hydrogens (tertiary/aromatic N) is 3. The number of rotatable bonds is 5. The summed E-state index contributed by atoms with van der Waals surface area (Å²) in [4.78, 5) is 11.5. The molecule has 21 heavy (non-hydrogen) atoms. The second kappa shape index (κ2) is 7.21. The lowest BCUT2D eigenvalue weighted by atomic mass is 9.85. The van der Waals surface area contributed by atoms with Gasteiger partial charge in [-0.15, -0.1) is 0 Å². The zero-order valence-electron chi connectivity index (χ0n) is 14.0. The van der Waals surface area contributed by atoms with Gasteiger partial charge in [0, 0.05) is 37.6 Å². The van der Waals surface area contributed by atoms with Crippen molar-refractivity contribution in [3.8, 4) is 0 Å². The Labute approximate surface area is 129 Å². The lowest BCUT2D eigenvalue weighted by Gasteiger charge is -2.23. The van der Waals surface area contributed by atoms with Gasteiger partial charge in [0.05, 0.1) is 0 Å². The van der Waals surface area contributed by atoms with Crippen molar-refractivity contribution in [3.05, 3.63) is 18.0 Å². The summed E-state index contributed by atoms with van der Waals surface area (Å²) in [6, 6.07) is 0. The van der Waals surface area contributed by atoms with Crippen LogP contribution in [0.5, 0.6) is 0 Å². The van der Waals surface area contributed by atoms with Crippen LogP contribution >= 0.6 is 0 Å². The molecule has 0 bridgehead atoms. The summed E-state index contributed by atoms with van der Waals surface area (Å²) >= 11 is 0. The molecule has 118 valence electrons. The SMILES string of the molecule is CC(C)CNCc1cnc(N2CCCC(C)(C)CC2)nc1. The van der Waals surface area contributed by atoms with E-state index in [4.69, 9.17) is 0 Å². The molecule has 1 aromatic rings. The largest absolute Gasteiger partial charge is 0.341 e. The van der Waals surface area contributed by atoms with Gasteiger partial charge in [0.15, 0.2) is 0 Å². The summed E-state index contributed by atoms with van der Waals surface area (Å²) in [6.07, 6.45) is 7.67. The number of hydrogen-bond acceptors (Lipinski definition) is 4. The molecule has 0 aliphatic carbocycles. The highest BCUT2D eigenvalue weighted by Gasteiger charge is 2.23. The van der Waals surface area contributed by atoms with Crippen molar-refractivity contribution in [1.82, 2.24) is 15.3 Å². The molecule has 1 aliphatic heterocycles. The van der Waals surface area contributed by atoms with Crippen molar-refractivity contribution < 1.29 is 0 Å². The van der Waals surface area contributed by atoms with Crippen molar-refractivity contribution in [3.63, 3.8) is 0 Å². The van der Waals surface area contributed by atoms with Crippen LogP contribution in [0.2, 0.25) is 0 Å². The summed E-state index contributed by atoms with van der Waals surface area (Å²) in [6.45, 7) is 13.2. The van der Waals surface area contributed by atoms with Crippen LogP contribution in [-0.2, 0) is 6.54 Å². The first kappa shape index (κ1) is 16.2. The standard InChI is InChI=1S/C17H30N4/c1-14(2)10-18-11-15-12-19-16(20-13-15)21-8-5-6-17(3,4)7-9-21/h12-14,18H,5-11H2,1-4H3. The van der Waals surface area contributed by atoms with E-state index in [1.807, 2.05) is 12.4 Å². The van der Waals surface area contributed by atoms with Crippen LogP contribution in [0.15, 0.2) is 12.4 Å². The van der Waals surface area contributed by atoms with E-state index in [0.717, 1.165) is 37.7 Å². The number of aromatic nitrogens is 2. The van der Waals surface area contributed by atoms with Crippen LogP contribution in [-0.4, -0.2) is 29.6 Å². The number of anilines is 1. The molecule has 1 saturated heterocycles. The van der Waals surface area contributed by atoms with Crippen molar-refractivity contribution in [2.24, 2.45) is 11.3 Å². The van der Waals surface area contributed by atoms with Crippen molar-refractivity contribution in [2.45, 2.75) is 53.5 Å². The van der Waals surface area contributed by atoms with Gasteiger partial charge in [-0.3, -0.25) is 0 Å². The minimum atomic E-state index is 0.454. The Kier molecular flexibility index (Phi) is 5.57. The fraction of sp³-hybridized carbons (Fsp3) is 0.765. The third kappa shape index (κ3) is 5.27. The molecule has 0 spiro atoms. The molecule has 4 nitrogen and oxygen atoms in total. The molecule has 0 unspecified atom stereocenters. The summed E-state index contributed by atoms with van der Waals surface area (Å²) in [7, 11) is 0. The van der Waals surface area contributed by atoms with E-state index in [0.29, 0.717) is 11.3 Å². The van der Waals surface area contributed by atoms with E-state index in [1.165, 1.54) is 19.3 Å². The van der Waals surface area contributed by atoms with Crippen LogP contribution < -0.4 is 10.2 Å². The Morgan fingerprint density at radius 1 is 1.19 bits per heavy atom. The first-order chi connectivity index (χ1) is 9.96. The van der Waals surface area contributed by atoms with Crippen molar-refractivity contribution in [2.75, 3.05) is 24.5 Å². The van der Waals surface area contributed by atoms with Gasteiger partial charge in [0.1, 0.15) is 0 Å². The summed E-state index contributed by atoms with van der Waals surface area (Å²) in [5, 5.41) is 3.43. The Morgan fingerprint density at radius 3 is 2.57 bits per heavy atom. The molecule has 0 aromatic carbocycles. The smallest absolute Gasteiger partial charge is 0.225 e. The summed E-state index contributed by atoms with van der Waals surface area (Å²) in [5.74, 6) is 1.56. The van der Waals surface area contributed by atoms with Crippen LogP contribution in [0.1, 0.15) is 52.5 Å². The molecular formula is C17H30N4. The van der Waals surface area contributed by atoms with Gasteiger partial charge in [0.25, 0.3) is 0 Å². The number of nitrogens with one attached hydrogen (secondary N) is 1. The molecule has 0 atom stereocenters. The lowest BCUT2D eigenvalue weighted by molar-refractivity contribution is 0.325. The predicted octanol–water partition coefficient (Wildman–Crippen LogP) is 3.24. The Hall–Kier alpha value is -1.16.